The van der Waals surface area contributed by atoms with E-state index in [9.17, 15) is 9.90 Å². The number of nitrogens with one attached hydrogen (secondary N) is 1. The van der Waals surface area contributed by atoms with Crippen LogP contribution in [0.15, 0.2) is 0 Å². The maximum Gasteiger partial charge on any atom is 0.236 e. The third-order valence-electron chi connectivity index (χ3n) is 4.04. The van der Waals surface area contributed by atoms with E-state index in [1.807, 2.05) is 11.9 Å². The molecule has 0 aromatic heterocycles. The average Bonchev–Trinajstić information content (AvgIpc) is 3.14. The van der Waals surface area contributed by atoms with E-state index in [2.05, 4.69) is 5.32 Å². The van der Waals surface area contributed by atoms with Gasteiger partial charge in [0.1, 0.15) is 0 Å². The number of amides is 1. The van der Waals surface area contributed by atoms with Crippen LogP contribution >= 0.6 is 0 Å². The Hall–Kier alpha value is -0.610. The third kappa shape index (κ3) is 3.68. The van der Waals surface area contributed by atoms with Crippen molar-refractivity contribution >= 4 is 5.91 Å². The molecule has 17 heavy (non-hydrogen) atoms. The topological polar surface area (TPSA) is 52.6 Å². The quantitative estimate of drug-likeness (QED) is 0.745. The largest absolute Gasteiger partial charge is 0.393 e. The van der Waals surface area contributed by atoms with Crippen LogP contribution in [0, 0.1) is 5.92 Å². The van der Waals surface area contributed by atoms with Gasteiger partial charge in [0.2, 0.25) is 5.91 Å². The highest BCUT2D eigenvalue weighted by molar-refractivity contribution is 5.78. The molecule has 0 radical (unpaired) electrons. The summed E-state index contributed by atoms with van der Waals surface area (Å²) in [4.78, 5) is 13.6. The number of nitrogens with zero attached hydrogens (tertiary/aromatic N) is 1. The average molecular weight is 240 g/mol. The Balaban J connectivity index is 1.62. The second kappa shape index (κ2) is 5.83. The molecule has 2 aliphatic carbocycles. The molecule has 0 saturated heterocycles. The summed E-state index contributed by atoms with van der Waals surface area (Å²) in [5.41, 5.74) is 0. The SMILES string of the molecule is CN(C(=O)CNCC1CCCCC1O)C1CC1. The maximum absolute atomic E-state index is 11.7. The zero-order chi connectivity index (χ0) is 12.3. The summed E-state index contributed by atoms with van der Waals surface area (Å²) in [6.07, 6.45) is 6.49. The second-order valence-electron chi connectivity index (χ2n) is 5.48. The molecule has 0 aromatic carbocycles. The molecule has 1 amide bonds. The zero-order valence-corrected chi connectivity index (χ0v) is 10.7. The van der Waals surface area contributed by atoms with Crippen LogP contribution in [-0.4, -0.2) is 48.2 Å². The summed E-state index contributed by atoms with van der Waals surface area (Å²) in [5, 5.41) is 13.0. The lowest BCUT2D eigenvalue weighted by atomic mass is 9.86. The molecule has 0 aliphatic heterocycles. The fourth-order valence-electron chi connectivity index (χ4n) is 2.58. The molecule has 4 heteroatoms. The molecule has 98 valence electrons. The van der Waals surface area contributed by atoms with Crippen LogP contribution in [0.3, 0.4) is 0 Å². The highest BCUT2D eigenvalue weighted by Gasteiger charge is 2.29. The highest BCUT2D eigenvalue weighted by Crippen LogP contribution is 2.25. The van der Waals surface area contributed by atoms with E-state index >= 15 is 0 Å². The maximum atomic E-state index is 11.7. The number of likely N-dealkylation sites (N-methyl/N-ethyl adjacent to an activating group) is 1. The summed E-state index contributed by atoms with van der Waals surface area (Å²) in [5.74, 6) is 0.514. The standard InChI is InChI=1S/C13H24N2O2/c1-15(11-6-7-11)13(17)9-14-8-10-4-2-3-5-12(10)16/h10-12,14,16H,2-9H2,1H3. The van der Waals surface area contributed by atoms with Crippen LogP contribution in [0.1, 0.15) is 38.5 Å². The molecular weight excluding hydrogens is 216 g/mol. The van der Waals surface area contributed by atoms with Crippen molar-refractivity contribution in [3.05, 3.63) is 0 Å². The van der Waals surface area contributed by atoms with Gasteiger partial charge in [-0.3, -0.25) is 4.79 Å². The number of hydrogen-bond donors (Lipinski definition) is 2. The van der Waals surface area contributed by atoms with Crippen LogP contribution in [-0.2, 0) is 4.79 Å². The van der Waals surface area contributed by atoms with E-state index in [1.54, 1.807) is 0 Å². The molecule has 2 aliphatic rings. The molecule has 2 N–H and O–H groups in total. The normalized spacial score (nSPS) is 29.1. The summed E-state index contributed by atoms with van der Waals surface area (Å²) in [7, 11) is 1.89. The molecular formula is C13H24N2O2. The van der Waals surface area contributed by atoms with Gasteiger partial charge in [-0.05, 0) is 31.6 Å². The molecule has 4 nitrogen and oxygen atoms in total. The number of carbonyl (C=O) groups is 1. The van der Waals surface area contributed by atoms with E-state index < -0.39 is 0 Å². The smallest absolute Gasteiger partial charge is 0.236 e. The minimum absolute atomic E-state index is 0.174. The summed E-state index contributed by atoms with van der Waals surface area (Å²) in [6.45, 7) is 1.18. The molecule has 2 fully saturated rings. The molecule has 0 heterocycles. The number of aliphatic hydroxyl groups excluding tert-OH is 1. The molecule has 2 rings (SSSR count). The van der Waals surface area contributed by atoms with Gasteiger partial charge in [0.25, 0.3) is 0 Å². The van der Waals surface area contributed by atoms with Crippen LogP contribution in [0.5, 0.6) is 0 Å². The van der Waals surface area contributed by atoms with Crippen LogP contribution in [0.25, 0.3) is 0 Å². The second-order valence-corrected chi connectivity index (χ2v) is 5.48. The first-order valence-electron chi connectivity index (χ1n) is 6.83. The Bertz CT molecular complexity index is 266. The van der Waals surface area contributed by atoms with Gasteiger partial charge in [-0.1, -0.05) is 12.8 Å². The Morgan fingerprint density at radius 2 is 2.00 bits per heavy atom. The fourth-order valence-corrected chi connectivity index (χ4v) is 2.58. The van der Waals surface area contributed by atoms with Gasteiger partial charge < -0.3 is 15.3 Å². The first kappa shape index (κ1) is 12.8. The van der Waals surface area contributed by atoms with Gasteiger partial charge in [-0.25, -0.2) is 0 Å². The Labute approximate surface area is 103 Å². The van der Waals surface area contributed by atoms with Crippen LogP contribution in [0.2, 0.25) is 0 Å². The number of carbonyl (C=O) groups excluding carboxylic acids is 1. The van der Waals surface area contributed by atoms with Crippen molar-refractivity contribution in [3.63, 3.8) is 0 Å². The minimum Gasteiger partial charge on any atom is -0.393 e. The van der Waals surface area contributed by atoms with Gasteiger partial charge >= 0.3 is 0 Å². The highest BCUT2D eigenvalue weighted by atomic mass is 16.3. The van der Waals surface area contributed by atoms with E-state index in [0.717, 1.165) is 38.6 Å². The Kier molecular flexibility index (Phi) is 4.40. The van der Waals surface area contributed by atoms with Crippen LogP contribution in [0.4, 0.5) is 0 Å². The number of hydrogen-bond acceptors (Lipinski definition) is 3. The fraction of sp³-hybridized carbons (Fsp3) is 0.923. The predicted octanol–water partition coefficient (Wildman–Crippen LogP) is 0.748. The Morgan fingerprint density at radius 1 is 1.29 bits per heavy atom. The summed E-state index contributed by atoms with van der Waals surface area (Å²) in [6, 6.07) is 0.490. The lowest BCUT2D eigenvalue weighted by Crippen LogP contribution is -2.40. The molecule has 2 saturated carbocycles. The Morgan fingerprint density at radius 3 is 2.65 bits per heavy atom. The third-order valence-corrected chi connectivity index (χ3v) is 4.04. The first-order valence-corrected chi connectivity index (χ1v) is 6.83. The van der Waals surface area contributed by atoms with Crippen molar-refractivity contribution < 1.29 is 9.90 Å². The van der Waals surface area contributed by atoms with Gasteiger partial charge in [0, 0.05) is 19.6 Å². The molecule has 2 unspecified atom stereocenters. The number of aliphatic hydroxyl groups is 1. The molecule has 0 bridgehead atoms. The van der Waals surface area contributed by atoms with Crippen molar-refractivity contribution in [2.45, 2.75) is 50.7 Å². The van der Waals surface area contributed by atoms with E-state index in [1.165, 1.54) is 6.42 Å². The van der Waals surface area contributed by atoms with Crippen molar-refractivity contribution in [2.24, 2.45) is 5.92 Å². The van der Waals surface area contributed by atoms with E-state index in [-0.39, 0.29) is 12.0 Å². The van der Waals surface area contributed by atoms with Crippen molar-refractivity contribution in [1.29, 1.82) is 0 Å². The van der Waals surface area contributed by atoms with Crippen LogP contribution < -0.4 is 5.32 Å². The molecule has 0 spiro atoms. The van der Waals surface area contributed by atoms with Gasteiger partial charge in [0.05, 0.1) is 12.6 Å². The summed E-state index contributed by atoms with van der Waals surface area (Å²) < 4.78 is 0. The van der Waals surface area contributed by atoms with E-state index in [4.69, 9.17) is 0 Å². The molecule has 0 aromatic rings. The minimum atomic E-state index is -0.174. The van der Waals surface area contributed by atoms with Gasteiger partial charge in [-0.15, -0.1) is 0 Å². The summed E-state index contributed by atoms with van der Waals surface area (Å²) >= 11 is 0. The van der Waals surface area contributed by atoms with Gasteiger partial charge in [0.15, 0.2) is 0 Å². The monoisotopic (exact) mass is 240 g/mol. The number of rotatable bonds is 5. The molecule has 2 atom stereocenters. The van der Waals surface area contributed by atoms with Crippen molar-refractivity contribution in [1.82, 2.24) is 10.2 Å². The zero-order valence-electron chi connectivity index (χ0n) is 10.7. The van der Waals surface area contributed by atoms with E-state index in [0.29, 0.717) is 18.5 Å². The predicted molar refractivity (Wildman–Crippen MR) is 66.6 cm³/mol. The lowest BCUT2D eigenvalue weighted by Gasteiger charge is -2.28. The van der Waals surface area contributed by atoms with Crippen molar-refractivity contribution in [3.8, 4) is 0 Å². The first-order chi connectivity index (χ1) is 8.18. The van der Waals surface area contributed by atoms with Crippen molar-refractivity contribution in [2.75, 3.05) is 20.1 Å². The van der Waals surface area contributed by atoms with Gasteiger partial charge in [-0.2, -0.15) is 0 Å². The lowest BCUT2D eigenvalue weighted by molar-refractivity contribution is -0.129.